The minimum Gasteiger partial charge on any atom is -0.469 e. The van der Waals surface area contributed by atoms with Gasteiger partial charge in [-0.3, -0.25) is 4.79 Å². The summed E-state index contributed by atoms with van der Waals surface area (Å²) >= 11 is 0. The van der Waals surface area contributed by atoms with E-state index < -0.39 is 17.6 Å². The Labute approximate surface area is 171 Å². The first kappa shape index (κ1) is 21.0. The van der Waals surface area contributed by atoms with Gasteiger partial charge in [0.05, 0.1) is 19.2 Å². The number of methoxy groups -OCH3 is 1. The van der Waals surface area contributed by atoms with Crippen LogP contribution in [0.15, 0.2) is 36.4 Å². The number of pyridine rings is 1. The number of esters is 1. The molecule has 0 aliphatic heterocycles. The van der Waals surface area contributed by atoms with Gasteiger partial charge in [0.15, 0.2) is 5.82 Å². The number of carbonyl (C=O) groups excluding carboxylic acids is 1. The van der Waals surface area contributed by atoms with Crippen LogP contribution in [0.4, 0.5) is 26.4 Å². The van der Waals surface area contributed by atoms with Gasteiger partial charge in [-0.1, -0.05) is 6.07 Å². The van der Waals surface area contributed by atoms with Crippen molar-refractivity contribution >= 4 is 23.6 Å². The smallest absolute Gasteiger partial charge is 0.311 e. The van der Waals surface area contributed by atoms with E-state index in [1.54, 1.807) is 18.2 Å². The molecule has 0 fully saturated rings. The predicted molar refractivity (Wildman–Crippen MR) is 107 cm³/mol. The molecular formula is C20H20F2N6O2. The lowest BCUT2D eigenvalue weighted by molar-refractivity contribution is -0.139. The van der Waals surface area contributed by atoms with Gasteiger partial charge in [0, 0.05) is 17.8 Å². The number of carbonyl (C=O) groups is 1. The van der Waals surface area contributed by atoms with Crippen molar-refractivity contribution in [1.29, 1.82) is 0 Å². The van der Waals surface area contributed by atoms with Gasteiger partial charge in [-0.05, 0) is 38.1 Å². The first-order valence-electron chi connectivity index (χ1n) is 9.11. The van der Waals surface area contributed by atoms with Crippen molar-refractivity contribution in [3.05, 3.63) is 53.7 Å². The van der Waals surface area contributed by atoms with Crippen molar-refractivity contribution in [2.24, 2.45) is 0 Å². The van der Waals surface area contributed by atoms with Crippen LogP contribution in [0.25, 0.3) is 11.5 Å². The molecule has 0 bridgehead atoms. The van der Waals surface area contributed by atoms with Crippen LogP contribution in [0.1, 0.15) is 19.5 Å². The lowest BCUT2D eigenvalue weighted by Crippen LogP contribution is -2.15. The molecule has 2 heterocycles. The Morgan fingerprint density at radius 1 is 1.03 bits per heavy atom. The number of nitrogens with one attached hydrogen (secondary N) is 2. The van der Waals surface area contributed by atoms with Crippen LogP contribution in [-0.2, 0) is 16.0 Å². The second kappa shape index (κ2) is 9.21. The molecule has 2 N–H and O–H groups in total. The quantitative estimate of drug-likeness (QED) is 0.567. The Hall–Kier alpha value is -3.69. The number of benzene rings is 1. The van der Waals surface area contributed by atoms with Gasteiger partial charge >= 0.3 is 5.97 Å². The Morgan fingerprint density at radius 2 is 1.73 bits per heavy atom. The van der Waals surface area contributed by atoms with E-state index >= 15 is 0 Å². The van der Waals surface area contributed by atoms with E-state index in [0.29, 0.717) is 11.4 Å². The second-order valence-corrected chi connectivity index (χ2v) is 6.66. The fourth-order valence-corrected chi connectivity index (χ4v) is 2.55. The third-order valence-electron chi connectivity index (χ3n) is 3.76. The molecular weight excluding hydrogens is 394 g/mol. The van der Waals surface area contributed by atoms with Crippen LogP contribution >= 0.6 is 0 Å². The number of hydrogen-bond donors (Lipinski definition) is 2. The highest BCUT2D eigenvalue weighted by molar-refractivity contribution is 5.72. The standard InChI is InChI=1S/C20H20F2N6O2/c1-11(2)23-19-26-18(16-6-4-5-14(24-16)10-17(29)30-3)27-20(28-19)25-15-8-12(21)7-13(22)9-15/h4-9,11H,10H2,1-3H3,(H2,23,25,26,27,28). The van der Waals surface area contributed by atoms with Crippen molar-refractivity contribution in [1.82, 2.24) is 19.9 Å². The summed E-state index contributed by atoms with van der Waals surface area (Å²) in [5.41, 5.74) is 1.03. The minimum absolute atomic E-state index is 0.000199. The van der Waals surface area contributed by atoms with Gasteiger partial charge in [-0.2, -0.15) is 15.0 Å². The van der Waals surface area contributed by atoms with E-state index in [1.165, 1.54) is 7.11 Å². The summed E-state index contributed by atoms with van der Waals surface area (Å²) in [5.74, 6) is -1.33. The minimum atomic E-state index is -0.732. The molecule has 0 aliphatic rings. The third kappa shape index (κ3) is 5.66. The van der Waals surface area contributed by atoms with Crippen LogP contribution in [0, 0.1) is 11.6 Å². The number of rotatable bonds is 7. The SMILES string of the molecule is COC(=O)Cc1cccc(-c2nc(Nc3cc(F)cc(F)c3)nc(NC(C)C)n2)n1. The first-order valence-corrected chi connectivity index (χ1v) is 9.11. The zero-order chi connectivity index (χ0) is 21.7. The maximum absolute atomic E-state index is 13.5. The largest absolute Gasteiger partial charge is 0.469 e. The van der Waals surface area contributed by atoms with Crippen LogP contribution < -0.4 is 10.6 Å². The topological polar surface area (TPSA) is 102 Å². The van der Waals surface area contributed by atoms with Crippen molar-refractivity contribution in [2.75, 3.05) is 17.7 Å². The Balaban J connectivity index is 1.98. The zero-order valence-electron chi connectivity index (χ0n) is 16.6. The average Bonchev–Trinajstić information content (AvgIpc) is 2.66. The van der Waals surface area contributed by atoms with Gasteiger partial charge in [-0.25, -0.2) is 13.8 Å². The van der Waals surface area contributed by atoms with Gasteiger partial charge < -0.3 is 15.4 Å². The fraction of sp³-hybridized carbons (Fsp3) is 0.250. The summed E-state index contributed by atoms with van der Waals surface area (Å²) in [6.45, 7) is 3.82. The number of ether oxygens (including phenoxy) is 1. The zero-order valence-corrected chi connectivity index (χ0v) is 16.6. The molecule has 0 amide bonds. The molecule has 30 heavy (non-hydrogen) atoms. The average molecular weight is 414 g/mol. The number of hydrogen-bond acceptors (Lipinski definition) is 8. The highest BCUT2D eigenvalue weighted by atomic mass is 19.1. The molecule has 0 spiro atoms. The van der Waals surface area contributed by atoms with Gasteiger partial charge in [0.1, 0.15) is 17.3 Å². The fourth-order valence-electron chi connectivity index (χ4n) is 2.55. The van der Waals surface area contributed by atoms with E-state index in [0.717, 1.165) is 18.2 Å². The molecule has 2 aromatic heterocycles. The number of aromatic nitrogens is 4. The van der Waals surface area contributed by atoms with E-state index in [4.69, 9.17) is 0 Å². The predicted octanol–water partition coefficient (Wildman–Crippen LogP) is 3.49. The molecule has 0 aliphatic carbocycles. The summed E-state index contributed by atoms with van der Waals surface area (Å²) < 4.78 is 31.7. The summed E-state index contributed by atoms with van der Waals surface area (Å²) in [5, 5.41) is 5.85. The van der Waals surface area contributed by atoms with Crippen LogP contribution in [-0.4, -0.2) is 39.1 Å². The lowest BCUT2D eigenvalue weighted by atomic mass is 10.2. The molecule has 3 aromatic rings. The molecule has 0 atom stereocenters. The monoisotopic (exact) mass is 414 g/mol. The number of anilines is 3. The van der Waals surface area contributed by atoms with Gasteiger partial charge in [0.2, 0.25) is 11.9 Å². The number of nitrogens with zero attached hydrogens (tertiary/aromatic N) is 4. The van der Waals surface area contributed by atoms with Crippen LogP contribution in [0.3, 0.4) is 0 Å². The molecule has 1 aromatic carbocycles. The molecule has 8 nitrogen and oxygen atoms in total. The molecule has 3 rings (SSSR count). The summed E-state index contributed by atoms with van der Waals surface area (Å²) in [7, 11) is 1.30. The normalized spacial score (nSPS) is 10.7. The first-order chi connectivity index (χ1) is 14.3. The number of halogens is 2. The summed E-state index contributed by atoms with van der Waals surface area (Å²) in [4.78, 5) is 28.8. The Morgan fingerprint density at radius 3 is 2.40 bits per heavy atom. The van der Waals surface area contributed by atoms with Crippen molar-refractivity contribution in [3.8, 4) is 11.5 Å². The van der Waals surface area contributed by atoms with E-state index in [2.05, 4.69) is 35.3 Å². The van der Waals surface area contributed by atoms with Gasteiger partial charge in [0.25, 0.3) is 0 Å². The van der Waals surface area contributed by atoms with E-state index in [1.807, 2.05) is 13.8 Å². The van der Waals surface area contributed by atoms with Crippen LogP contribution in [0.2, 0.25) is 0 Å². The lowest BCUT2D eigenvalue weighted by Gasteiger charge is -2.12. The van der Waals surface area contributed by atoms with Crippen molar-refractivity contribution < 1.29 is 18.3 Å². The molecule has 0 saturated heterocycles. The summed E-state index contributed by atoms with van der Waals surface area (Å²) in [6, 6.07) is 8.12. The van der Waals surface area contributed by atoms with Gasteiger partial charge in [-0.15, -0.1) is 0 Å². The highest BCUT2D eigenvalue weighted by Gasteiger charge is 2.13. The maximum Gasteiger partial charge on any atom is 0.311 e. The highest BCUT2D eigenvalue weighted by Crippen LogP contribution is 2.21. The molecule has 156 valence electrons. The van der Waals surface area contributed by atoms with Crippen molar-refractivity contribution in [2.45, 2.75) is 26.3 Å². The second-order valence-electron chi connectivity index (χ2n) is 6.66. The third-order valence-corrected chi connectivity index (χ3v) is 3.76. The van der Waals surface area contributed by atoms with E-state index in [9.17, 15) is 13.6 Å². The maximum atomic E-state index is 13.5. The Bertz CT molecular complexity index is 1040. The van der Waals surface area contributed by atoms with Crippen molar-refractivity contribution in [3.63, 3.8) is 0 Å². The van der Waals surface area contributed by atoms with E-state index in [-0.39, 0.29) is 35.9 Å². The molecule has 0 radical (unpaired) electrons. The Kier molecular flexibility index (Phi) is 6.45. The van der Waals surface area contributed by atoms with Crippen LogP contribution in [0.5, 0.6) is 0 Å². The molecule has 0 unspecified atom stereocenters. The summed E-state index contributed by atoms with van der Waals surface area (Å²) in [6.07, 6.45) is 0.000199. The molecule has 10 heteroatoms. The molecule has 0 saturated carbocycles.